The fourth-order valence-electron chi connectivity index (χ4n) is 6.63. The van der Waals surface area contributed by atoms with Crippen LogP contribution >= 0.6 is 0 Å². The summed E-state index contributed by atoms with van der Waals surface area (Å²) < 4.78 is 8.02. The summed E-state index contributed by atoms with van der Waals surface area (Å²) in [4.78, 5) is 12.2. The molecule has 40 heavy (non-hydrogen) atoms. The van der Waals surface area contributed by atoms with Crippen LogP contribution in [0.3, 0.4) is 0 Å². The Morgan fingerprint density at radius 2 is 1.73 bits per heavy atom. The molecule has 3 N–H and O–H groups in total. The third kappa shape index (κ3) is 7.27. The van der Waals surface area contributed by atoms with E-state index in [9.17, 15) is 4.79 Å². The molecule has 2 aromatic carbocycles. The number of alkyl carbamates (subject to hydrolysis) is 1. The first-order valence-corrected chi connectivity index (χ1v) is 15.4. The number of para-hydroxylation sites is 1. The summed E-state index contributed by atoms with van der Waals surface area (Å²) >= 11 is 0. The van der Waals surface area contributed by atoms with Gasteiger partial charge in [-0.1, -0.05) is 48.0 Å². The van der Waals surface area contributed by atoms with Gasteiger partial charge in [0.2, 0.25) is 0 Å². The van der Waals surface area contributed by atoms with Crippen molar-refractivity contribution in [1.82, 2.24) is 20.5 Å². The van der Waals surface area contributed by atoms with Gasteiger partial charge in [0.1, 0.15) is 5.60 Å². The van der Waals surface area contributed by atoms with E-state index in [1.165, 1.54) is 40.4 Å². The average Bonchev–Trinajstić information content (AvgIpc) is 3.31. The minimum absolute atomic E-state index is 0.203. The normalized spacial score (nSPS) is 21.3. The number of rotatable bonds is 8. The van der Waals surface area contributed by atoms with Crippen molar-refractivity contribution in [3.63, 3.8) is 0 Å². The quantitative estimate of drug-likeness (QED) is 0.291. The van der Waals surface area contributed by atoms with Gasteiger partial charge >= 0.3 is 6.09 Å². The predicted molar refractivity (Wildman–Crippen MR) is 164 cm³/mol. The molecule has 5 rings (SSSR count). The van der Waals surface area contributed by atoms with Crippen LogP contribution in [-0.2, 0) is 4.74 Å². The standard InChI is InChI=1S/C34H48N4O2/c1-24-8-7-9-25(22-24)29(18-21-36-26-12-14-27(15-13-26)37-33(39)40-34(2,3)4)31-23-38(28-16-19-35-20-17-28)32-11-6-5-10-30(31)32/h5-11,22-23,26-29,35-36H,12-21H2,1-4H3,(H,37,39). The Bertz CT molecular complexity index is 1260. The molecule has 1 saturated heterocycles. The Balaban J connectivity index is 1.27. The number of nitrogens with zero attached hydrogens (tertiary/aromatic N) is 1. The van der Waals surface area contributed by atoms with Gasteiger partial charge in [-0.15, -0.1) is 0 Å². The summed E-state index contributed by atoms with van der Waals surface area (Å²) in [7, 11) is 0. The molecule has 1 amide bonds. The van der Waals surface area contributed by atoms with Crippen LogP contribution in [-0.4, -0.2) is 48.0 Å². The van der Waals surface area contributed by atoms with Crippen molar-refractivity contribution in [2.24, 2.45) is 0 Å². The lowest BCUT2D eigenvalue weighted by Crippen LogP contribution is -2.44. The van der Waals surface area contributed by atoms with E-state index in [1.807, 2.05) is 20.8 Å². The second-order valence-corrected chi connectivity index (χ2v) is 12.9. The lowest BCUT2D eigenvalue weighted by molar-refractivity contribution is 0.0489. The molecule has 216 valence electrons. The Morgan fingerprint density at radius 3 is 2.45 bits per heavy atom. The number of fused-ring (bicyclic) bond motifs is 1. The largest absolute Gasteiger partial charge is 0.444 e. The van der Waals surface area contributed by atoms with Gasteiger partial charge in [-0.3, -0.25) is 0 Å². The number of aromatic nitrogens is 1. The molecule has 0 radical (unpaired) electrons. The minimum Gasteiger partial charge on any atom is -0.444 e. The lowest BCUT2D eigenvalue weighted by Gasteiger charge is -2.31. The van der Waals surface area contributed by atoms with E-state index in [2.05, 4.69) is 82.2 Å². The van der Waals surface area contributed by atoms with Crippen molar-refractivity contribution < 1.29 is 9.53 Å². The molecule has 6 heteroatoms. The van der Waals surface area contributed by atoms with E-state index in [1.54, 1.807) is 0 Å². The summed E-state index contributed by atoms with van der Waals surface area (Å²) in [6.45, 7) is 11.1. The van der Waals surface area contributed by atoms with Gasteiger partial charge in [0.25, 0.3) is 0 Å². The molecule has 1 atom stereocenters. The van der Waals surface area contributed by atoms with E-state index in [0.717, 1.165) is 51.7 Å². The monoisotopic (exact) mass is 544 g/mol. The van der Waals surface area contributed by atoms with E-state index < -0.39 is 5.60 Å². The van der Waals surface area contributed by atoms with Crippen molar-refractivity contribution in [1.29, 1.82) is 0 Å². The highest BCUT2D eigenvalue weighted by atomic mass is 16.6. The second kappa shape index (κ2) is 12.8. The van der Waals surface area contributed by atoms with Crippen molar-refractivity contribution in [2.75, 3.05) is 19.6 Å². The van der Waals surface area contributed by atoms with E-state index in [-0.39, 0.29) is 12.1 Å². The summed E-state index contributed by atoms with van der Waals surface area (Å²) in [6.07, 6.45) is 9.72. The van der Waals surface area contributed by atoms with Crippen molar-refractivity contribution in [2.45, 2.75) is 102 Å². The molecule has 1 aromatic heterocycles. The van der Waals surface area contributed by atoms with E-state index in [4.69, 9.17) is 4.74 Å². The average molecular weight is 545 g/mol. The first kappa shape index (κ1) is 28.7. The summed E-state index contributed by atoms with van der Waals surface area (Å²) in [5.41, 5.74) is 5.07. The number of nitrogens with one attached hydrogen (secondary N) is 3. The number of carbonyl (C=O) groups is 1. The number of hydrogen-bond acceptors (Lipinski definition) is 4. The maximum atomic E-state index is 12.2. The zero-order valence-corrected chi connectivity index (χ0v) is 24.8. The van der Waals surface area contributed by atoms with Crippen LogP contribution in [0.2, 0.25) is 0 Å². The molecular weight excluding hydrogens is 496 g/mol. The molecule has 1 unspecified atom stereocenters. The molecular formula is C34H48N4O2. The number of piperidine rings is 1. The predicted octanol–water partition coefficient (Wildman–Crippen LogP) is 6.82. The van der Waals surface area contributed by atoms with Crippen LogP contribution in [0, 0.1) is 6.92 Å². The van der Waals surface area contributed by atoms with E-state index >= 15 is 0 Å². The van der Waals surface area contributed by atoms with Crippen LogP contribution in [0.4, 0.5) is 4.79 Å². The van der Waals surface area contributed by atoms with Gasteiger partial charge in [-0.25, -0.2) is 4.79 Å². The second-order valence-electron chi connectivity index (χ2n) is 12.9. The molecule has 2 heterocycles. The van der Waals surface area contributed by atoms with Gasteiger partial charge in [0, 0.05) is 41.1 Å². The van der Waals surface area contributed by atoms with Crippen LogP contribution in [0.15, 0.2) is 54.7 Å². The van der Waals surface area contributed by atoms with Gasteiger partial charge in [0.15, 0.2) is 0 Å². The Hall–Kier alpha value is -2.83. The third-order valence-electron chi connectivity index (χ3n) is 8.61. The summed E-state index contributed by atoms with van der Waals surface area (Å²) in [6, 6.07) is 19.3. The maximum absolute atomic E-state index is 12.2. The fourth-order valence-corrected chi connectivity index (χ4v) is 6.63. The molecule has 1 aliphatic heterocycles. The first-order valence-electron chi connectivity index (χ1n) is 15.4. The maximum Gasteiger partial charge on any atom is 0.407 e. The third-order valence-corrected chi connectivity index (χ3v) is 8.61. The van der Waals surface area contributed by atoms with Crippen LogP contribution in [0.25, 0.3) is 10.9 Å². The Kier molecular flexibility index (Phi) is 9.17. The first-order chi connectivity index (χ1) is 19.3. The number of ether oxygens (including phenoxy) is 1. The van der Waals surface area contributed by atoms with Crippen LogP contribution < -0.4 is 16.0 Å². The summed E-state index contributed by atoms with van der Waals surface area (Å²) in [5.74, 6) is 0.338. The zero-order valence-electron chi connectivity index (χ0n) is 24.8. The fraction of sp³-hybridized carbons (Fsp3) is 0.559. The van der Waals surface area contributed by atoms with Gasteiger partial charge < -0.3 is 25.3 Å². The van der Waals surface area contributed by atoms with Crippen molar-refractivity contribution in [3.05, 3.63) is 71.4 Å². The number of carbonyl (C=O) groups excluding carboxylic acids is 1. The topological polar surface area (TPSA) is 67.3 Å². The highest BCUT2D eigenvalue weighted by Crippen LogP contribution is 2.37. The lowest BCUT2D eigenvalue weighted by atomic mass is 9.87. The smallest absolute Gasteiger partial charge is 0.407 e. The molecule has 1 aliphatic carbocycles. The van der Waals surface area contributed by atoms with Crippen molar-refractivity contribution in [3.8, 4) is 0 Å². The zero-order chi connectivity index (χ0) is 28.1. The Labute approximate surface area is 240 Å². The van der Waals surface area contributed by atoms with Crippen molar-refractivity contribution >= 4 is 17.0 Å². The number of benzene rings is 2. The summed E-state index contributed by atoms with van der Waals surface area (Å²) in [5, 5.41) is 11.9. The Morgan fingerprint density at radius 1 is 1.00 bits per heavy atom. The molecule has 3 aromatic rings. The number of amides is 1. The minimum atomic E-state index is -0.462. The van der Waals surface area contributed by atoms with Crippen LogP contribution in [0.5, 0.6) is 0 Å². The molecule has 0 bridgehead atoms. The SMILES string of the molecule is Cc1cccc(C(CCNC2CCC(NC(=O)OC(C)(C)C)CC2)c2cn(C3CCNCC3)c3ccccc23)c1. The highest BCUT2D eigenvalue weighted by Gasteiger charge is 2.26. The molecule has 2 aliphatic rings. The van der Waals surface area contributed by atoms with Gasteiger partial charge in [0.05, 0.1) is 0 Å². The molecule has 0 spiro atoms. The number of aryl methyl sites for hydroxylation is 1. The molecule has 2 fully saturated rings. The molecule has 1 saturated carbocycles. The highest BCUT2D eigenvalue weighted by molar-refractivity contribution is 5.85. The van der Waals surface area contributed by atoms with E-state index in [0.29, 0.717) is 18.0 Å². The van der Waals surface area contributed by atoms with Gasteiger partial charge in [-0.05, 0) is 109 Å². The van der Waals surface area contributed by atoms with Gasteiger partial charge in [-0.2, -0.15) is 0 Å². The number of hydrogen-bond donors (Lipinski definition) is 3. The molecule has 6 nitrogen and oxygen atoms in total. The van der Waals surface area contributed by atoms with Crippen LogP contribution in [0.1, 0.15) is 94.4 Å².